The summed E-state index contributed by atoms with van der Waals surface area (Å²) in [6.07, 6.45) is 0. The van der Waals surface area contributed by atoms with E-state index in [1.165, 1.54) is 12.1 Å². The molecule has 20 heavy (non-hydrogen) atoms. The number of hydrogen-bond donors (Lipinski definition) is 1. The average molecular weight is 291 g/mol. The van der Waals surface area contributed by atoms with Crippen LogP contribution in [0.25, 0.3) is 0 Å². The smallest absolute Gasteiger partial charge is 0.248 e. The van der Waals surface area contributed by atoms with Crippen molar-refractivity contribution in [3.8, 4) is 0 Å². The van der Waals surface area contributed by atoms with Crippen LogP contribution in [0.5, 0.6) is 0 Å². The molecule has 0 radical (unpaired) electrons. The van der Waals surface area contributed by atoms with Gasteiger partial charge in [0, 0.05) is 16.3 Å². The number of carbonyl (C=O) groups is 1. The summed E-state index contributed by atoms with van der Waals surface area (Å²) in [7, 11) is 0. The first kappa shape index (κ1) is 13.1. The summed E-state index contributed by atoms with van der Waals surface area (Å²) in [5.41, 5.74) is 8.25. The van der Waals surface area contributed by atoms with Crippen LogP contribution in [-0.2, 0) is 11.3 Å². The van der Waals surface area contributed by atoms with Gasteiger partial charge < -0.3 is 10.6 Å². The third-order valence-corrected chi connectivity index (χ3v) is 3.64. The summed E-state index contributed by atoms with van der Waals surface area (Å²) in [5.74, 6) is -0.475. The Morgan fingerprint density at radius 1 is 1.20 bits per heavy atom. The summed E-state index contributed by atoms with van der Waals surface area (Å²) in [4.78, 5) is 13.8. The van der Waals surface area contributed by atoms with Crippen LogP contribution >= 0.6 is 11.6 Å². The van der Waals surface area contributed by atoms with E-state index in [4.69, 9.17) is 17.3 Å². The van der Waals surface area contributed by atoms with Crippen molar-refractivity contribution >= 4 is 23.2 Å². The molecule has 5 heteroatoms. The van der Waals surface area contributed by atoms with Crippen LogP contribution < -0.4 is 10.6 Å². The molecule has 0 unspecified atom stereocenters. The lowest BCUT2D eigenvalue weighted by Gasteiger charge is -2.17. The number of halogens is 2. The fourth-order valence-corrected chi connectivity index (χ4v) is 2.56. The second-order valence-electron chi connectivity index (χ2n) is 4.73. The highest BCUT2D eigenvalue weighted by molar-refractivity contribution is 6.31. The zero-order chi connectivity index (χ0) is 14.3. The first-order chi connectivity index (χ1) is 9.56. The Labute approximate surface area is 120 Å². The summed E-state index contributed by atoms with van der Waals surface area (Å²) >= 11 is 5.93. The van der Waals surface area contributed by atoms with Gasteiger partial charge in [0.05, 0.1) is 6.54 Å². The minimum atomic E-state index is -0.691. The van der Waals surface area contributed by atoms with E-state index >= 15 is 0 Å². The Kier molecular flexibility index (Phi) is 3.20. The Balaban J connectivity index is 1.95. The topological polar surface area (TPSA) is 46.3 Å². The van der Waals surface area contributed by atoms with Crippen molar-refractivity contribution in [2.45, 2.75) is 12.6 Å². The van der Waals surface area contributed by atoms with Gasteiger partial charge in [-0.25, -0.2) is 4.39 Å². The first-order valence-electron chi connectivity index (χ1n) is 6.17. The van der Waals surface area contributed by atoms with E-state index in [-0.39, 0.29) is 11.7 Å². The van der Waals surface area contributed by atoms with Gasteiger partial charge in [-0.1, -0.05) is 23.7 Å². The highest BCUT2D eigenvalue weighted by Gasteiger charge is 2.34. The van der Waals surface area contributed by atoms with Gasteiger partial charge in [-0.3, -0.25) is 4.79 Å². The van der Waals surface area contributed by atoms with E-state index < -0.39 is 6.04 Å². The van der Waals surface area contributed by atoms with Crippen LogP contribution in [0.3, 0.4) is 0 Å². The van der Waals surface area contributed by atoms with Crippen molar-refractivity contribution in [3.05, 3.63) is 64.4 Å². The number of fused-ring (bicyclic) bond motifs is 1. The number of hydrogen-bond acceptors (Lipinski definition) is 2. The average Bonchev–Trinajstić information content (AvgIpc) is 2.66. The van der Waals surface area contributed by atoms with Crippen molar-refractivity contribution in [1.29, 1.82) is 0 Å². The normalized spacial score (nSPS) is 17.4. The second-order valence-corrected chi connectivity index (χ2v) is 5.17. The monoisotopic (exact) mass is 290 g/mol. The number of benzene rings is 2. The van der Waals surface area contributed by atoms with Gasteiger partial charge >= 0.3 is 0 Å². The number of rotatable bonds is 2. The fourth-order valence-electron chi connectivity index (χ4n) is 2.38. The molecule has 0 aromatic heterocycles. The van der Waals surface area contributed by atoms with Gasteiger partial charge in [0.2, 0.25) is 5.91 Å². The van der Waals surface area contributed by atoms with Gasteiger partial charge in [0.15, 0.2) is 0 Å². The number of anilines is 1. The van der Waals surface area contributed by atoms with Crippen LogP contribution in [0.4, 0.5) is 10.1 Å². The van der Waals surface area contributed by atoms with Crippen LogP contribution in [0.2, 0.25) is 5.02 Å². The minimum absolute atomic E-state index is 0.174. The maximum atomic E-state index is 12.9. The second kappa shape index (κ2) is 4.89. The predicted octanol–water partition coefficient (Wildman–Crippen LogP) is 3.03. The van der Waals surface area contributed by atoms with Gasteiger partial charge in [0.25, 0.3) is 0 Å². The molecule has 0 spiro atoms. The van der Waals surface area contributed by atoms with E-state index in [2.05, 4.69) is 0 Å². The van der Waals surface area contributed by atoms with E-state index in [0.29, 0.717) is 11.6 Å². The van der Waals surface area contributed by atoms with Crippen LogP contribution in [0.15, 0.2) is 42.5 Å². The van der Waals surface area contributed by atoms with Crippen LogP contribution in [0.1, 0.15) is 17.2 Å². The maximum Gasteiger partial charge on any atom is 0.248 e. The molecule has 0 fully saturated rings. The molecule has 1 aliphatic heterocycles. The fraction of sp³-hybridized carbons (Fsp3) is 0.133. The molecule has 0 saturated carbocycles. The number of nitrogens with zero attached hydrogens (tertiary/aromatic N) is 1. The molecule has 0 saturated heterocycles. The molecule has 2 aromatic rings. The molecule has 1 aliphatic rings. The third kappa shape index (κ3) is 2.17. The Bertz CT molecular complexity index is 672. The van der Waals surface area contributed by atoms with E-state index in [0.717, 1.165) is 16.8 Å². The molecule has 3 rings (SSSR count). The molecular weight excluding hydrogens is 279 g/mol. The maximum absolute atomic E-state index is 12.9. The standard InChI is InChI=1S/C15H12ClFN2O/c16-10-3-6-13-12(7-10)14(18)15(20)19(13)8-9-1-4-11(17)5-2-9/h1-7,14H,8,18H2/t14-/m0/s1. The van der Waals surface area contributed by atoms with Crippen molar-refractivity contribution in [3.63, 3.8) is 0 Å². The Morgan fingerprint density at radius 3 is 2.60 bits per heavy atom. The summed E-state index contributed by atoms with van der Waals surface area (Å²) < 4.78 is 12.9. The number of carbonyl (C=O) groups excluding carboxylic acids is 1. The van der Waals surface area contributed by atoms with E-state index in [1.807, 2.05) is 0 Å². The molecule has 0 aliphatic carbocycles. The summed E-state index contributed by atoms with van der Waals surface area (Å²) in [6, 6.07) is 10.6. The van der Waals surface area contributed by atoms with Crippen molar-refractivity contribution < 1.29 is 9.18 Å². The molecule has 3 nitrogen and oxygen atoms in total. The van der Waals surface area contributed by atoms with Gasteiger partial charge in [-0.2, -0.15) is 0 Å². The third-order valence-electron chi connectivity index (χ3n) is 3.40. The quantitative estimate of drug-likeness (QED) is 0.924. The predicted molar refractivity (Wildman–Crippen MR) is 76.0 cm³/mol. The number of nitrogens with two attached hydrogens (primary N) is 1. The van der Waals surface area contributed by atoms with Crippen molar-refractivity contribution in [2.24, 2.45) is 5.73 Å². The number of amides is 1. The van der Waals surface area contributed by atoms with Gasteiger partial charge in [0.1, 0.15) is 11.9 Å². The molecule has 0 bridgehead atoms. The van der Waals surface area contributed by atoms with E-state index in [9.17, 15) is 9.18 Å². The highest BCUT2D eigenvalue weighted by Crippen LogP contribution is 2.37. The zero-order valence-electron chi connectivity index (χ0n) is 10.5. The van der Waals surface area contributed by atoms with Gasteiger partial charge in [-0.05, 0) is 35.9 Å². The molecular formula is C15H12ClFN2O. The highest BCUT2D eigenvalue weighted by atomic mass is 35.5. The molecule has 2 N–H and O–H groups in total. The van der Waals surface area contributed by atoms with Crippen LogP contribution in [0, 0.1) is 5.82 Å². The molecule has 1 amide bonds. The molecule has 2 aromatic carbocycles. The lowest BCUT2D eigenvalue weighted by atomic mass is 10.1. The largest absolute Gasteiger partial charge is 0.316 e. The molecule has 1 heterocycles. The SMILES string of the molecule is N[C@@H]1C(=O)N(Cc2ccc(F)cc2)c2ccc(Cl)cc21. The lowest BCUT2D eigenvalue weighted by Crippen LogP contribution is -2.31. The summed E-state index contributed by atoms with van der Waals surface area (Å²) in [5, 5.41) is 0.552. The zero-order valence-corrected chi connectivity index (χ0v) is 11.3. The minimum Gasteiger partial charge on any atom is -0.316 e. The molecule has 1 atom stereocenters. The van der Waals surface area contributed by atoms with Crippen molar-refractivity contribution in [1.82, 2.24) is 0 Å². The first-order valence-corrected chi connectivity index (χ1v) is 6.55. The van der Waals surface area contributed by atoms with E-state index in [1.54, 1.807) is 35.2 Å². The Hall–Kier alpha value is -1.91. The Morgan fingerprint density at radius 2 is 1.90 bits per heavy atom. The lowest BCUT2D eigenvalue weighted by molar-refractivity contribution is -0.119. The summed E-state index contributed by atoms with van der Waals surface area (Å²) in [6.45, 7) is 0.363. The van der Waals surface area contributed by atoms with Crippen LogP contribution in [-0.4, -0.2) is 5.91 Å². The van der Waals surface area contributed by atoms with Crippen molar-refractivity contribution in [2.75, 3.05) is 4.90 Å². The molecule has 102 valence electrons. The van der Waals surface area contributed by atoms with Gasteiger partial charge in [-0.15, -0.1) is 0 Å².